The van der Waals surface area contributed by atoms with Crippen LogP contribution in [0.3, 0.4) is 0 Å². The van der Waals surface area contributed by atoms with Crippen molar-refractivity contribution < 1.29 is 37.4 Å². The van der Waals surface area contributed by atoms with E-state index in [1.54, 1.807) is 12.1 Å². The molecule has 0 aliphatic heterocycles. The second kappa shape index (κ2) is 18.2. The van der Waals surface area contributed by atoms with Crippen LogP contribution < -0.4 is 0 Å². The number of unbranched alkanes of at least 4 members (excludes halogenated alkanes) is 5. The van der Waals surface area contributed by atoms with Crippen LogP contribution in [0.25, 0.3) is 22.2 Å². The van der Waals surface area contributed by atoms with Gasteiger partial charge in [0.1, 0.15) is 24.6 Å². The topological polar surface area (TPSA) is 137 Å². The summed E-state index contributed by atoms with van der Waals surface area (Å²) in [4.78, 5) is 43.6. The third kappa shape index (κ3) is 11.0. The Balaban J connectivity index is 1.14. The Hall–Kier alpha value is -4.73. The first-order chi connectivity index (χ1) is 22.0. The summed E-state index contributed by atoms with van der Waals surface area (Å²) in [6.45, 7) is 1.57. The van der Waals surface area contributed by atoms with E-state index in [1.807, 2.05) is 0 Å². The summed E-state index contributed by atoms with van der Waals surface area (Å²) in [5, 5.41) is 0. The first-order valence-corrected chi connectivity index (χ1v) is 15.6. The number of aromatic amines is 2. The monoisotopic (exact) mass is 618 g/mol. The minimum atomic E-state index is -1.01. The third-order valence-corrected chi connectivity index (χ3v) is 7.06. The zero-order chi connectivity index (χ0) is 31.7. The molecule has 0 radical (unpaired) electrons. The van der Waals surface area contributed by atoms with Crippen molar-refractivity contribution >= 4 is 40.1 Å². The molecule has 0 amide bonds. The molecule has 4 rings (SSSR count). The van der Waals surface area contributed by atoms with E-state index in [2.05, 4.69) is 53.3 Å². The lowest BCUT2D eigenvalue weighted by Gasteiger charge is -2.17. The molecule has 1 atom stereocenters. The van der Waals surface area contributed by atoms with Crippen molar-refractivity contribution in [2.24, 2.45) is 0 Å². The predicted octanol–water partition coefficient (Wildman–Crippen LogP) is 8.35. The van der Waals surface area contributed by atoms with Crippen molar-refractivity contribution in [1.82, 2.24) is 9.97 Å². The number of carbonyl (C=O) groups excluding carboxylic acids is 3. The second-order valence-corrected chi connectivity index (χ2v) is 10.7. The number of hydrogen-bond acceptors (Lipinski definition) is 8. The molecule has 4 heterocycles. The van der Waals surface area contributed by atoms with Crippen molar-refractivity contribution in [2.75, 3.05) is 13.2 Å². The molecule has 0 spiro atoms. The molecule has 0 bridgehead atoms. The average Bonchev–Trinajstić information content (AvgIpc) is 3.82. The number of hydrogen-bond donors (Lipinski definition) is 2. The quantitative estimate of drug-likeness (QED) is 0.0436. The number of allylic oxidation sites excluding steroid dienone is 6. The summed E-state index contributed by atoms with van der Waals surface area (Å²) in [5.41, 5.74) is 2.67. The molecule has 10 heteroatoms. The molecular weight excluding hydrogens is 576 g/mol. The van der Waals surface area contributed by atoms with Gasteiger partial charge in [-0.1, -0.05) is 62.6 Å². The van der Waals surface area contributed by atoms with Gasteiger partial charge in [-0.2, -0.15) is 0 Å². The average molecular weight is 619 g/mol. The fourth-order valence-electron chi connectivity index (χ4n) is 4.64. The standard InChI is InChI=1S/C35H42N2O8/c1-2-3-4-5-6-7-8-9-10-11-12-13-14-15-16-17-33(38)43-24-26(45-35(40)30-23-32-28(37-30)19-21-42-32)25-44-34(39)29-22-31-27(36-29)18-20-41-31/h3-4,6-7,9-10,18-23,26,36-37H,2,5,8,11-17,24-25H2,1H3/b4-3+,7-6+,10-9+. The van der Waals surface area contributed by atoms with Crippen LogP contribution in [0.2, 0.25) is 0 Å². The molecular formula is C35H42N2O8. The molecule has 0 aliphatic carbocycles. The van der Waals surface area contributed by atoms with Crippen molar-refractivity contribution in [3.8, 4) is 0 Å². The molecule has 240 valence electrons. The highest BCUT2D eigenvalue weighted by molar-refractivity contribution is 5.94. The van der Waals surface area contributed by atoms with Crippen LogP contribution in [0.5, 0.6) is 0 Å². The molecule has 1 unspecified atom stereocenters. The van der Waals surface area contributed by atoms with E-state index in [1.165, 1.54) is 24.7 Å². The lowest BCUT2D eigenvalue weighted by atomic mass is 10.1. The highest BCUT2D eigenvalue weighted by Gasteiger charge is 2.23. The van der Waals surface area contributed by atoms with Crippen LogP contribution in [0.4, 0.5) is 0 Å². The first kappa shape index (κ1) is 33.2. The van der Waals surface area contributed by atoms with Crippen LogP contribution >= 0.6 is 0 Å². The SMILES string of the molecule is CC/C=C/C/C=C/C/C=C/CCCCCCCC(=O)OCC(COC(=O)c1cc2occc2[nH]1)OC(=O)c1cc2occc2[nH]1. The molecule has 0 saturated carbocycles. The maximum atomic E-state index is 12.8. The predicted molar refractivity (Wildman–Crippen MR) is 171 cm³/mol. The van der Waals surface area contributed by atoms with Crippen LogP contribution in [0, 0.1) is 0 Å². The van der Waals surface area contributed by atoms with E-state index >= 15 is 0 Å². The summed E-state index contributed by atoms with van der Waals surface area (Å²) in [6.07, 6.45) is 24.4. The Labute approximate surface area is 262 Å². The molecule has 45 heavy (non-hydrogen) atoms. The van der Waals surface area contributed by atoms with E-state index in [4.69, 9.17) is 23.0 Å². The van der Waals surface area contributed by atoms with Gasteiger partial charge in [0.05, 0.1) is 23.6 Å². The Bertz CT molecular complexity index is 1520. The smallest absolute Gasteiger partial charge is 0.355 e. The lowest BCUT2D eigenvalue weighted by molar-refractivity contribution is -0.147. The van der Waals surface area contributed by atoms with Gasteiger partial charge in [0.15, 0.2) is 17.3 Å². The van der Waals surface area contributed by atoms with E-state index in [-0.39, 0.29) is 31.0 Å². The summed E-state index contributed by atoms with van der Waals surface area (Å²) in [6, 6.07) is 6.42. The highest BCUT2D eigenvalue weighted by Crippen LogP contribution is 2.19. The molecule has 0 aliphatic rings. The minimum Gasteiger partial charge on any atom is -0.463 e. The van der Waals surface area contributed by atoms with E-state index in [9.17, 15) is 14.4 Å². The largest absolute Gasteiger partial charge is 0.463 e. The Morgan fingerprint density at radius 1 is 0.733 bits per heavy atom. The number of nitrogens with one attached hydrogen (secondary N) is 2. The molecule has 4 aromatic rings. The molecule has 4 aromatic heterocycles. The zero-order valence-corrected chi connectivity index (χ0v) is 25.8. The van der Waals surface area contributed by atoms with Gasteiger partial charge in [-0.15, -0.1) is 0 Å². The van der Waals surface area contributed by atoms with Crippen LogP contribution in [0.1, 0.15) is 92.1 Å². The third-order valence-electron chi connectivity index (χ3n) is 7.06. The van der Waals surface area contributed by atoms with Gasteiger partial charge in [0.2, 0.25) is 0 Å². The Kier molecular flexibility index (Phi) is 13.4. The van der Waals surface area contributed by atoms with Crippen LogP contribution in [-0.4, -0.2) is 47.2 Å². The zero-order valence-electron chi connectivity index (χ0n) is 25.8. The molecule has 0 fully saturated rings. The highest BCUT2D eigenvalue weighted by atomic mass is 16.6. The molecule has 10 nitrogen and oxygen atoms in total. The summed E-state index contributed by atoms with van der Waals surface area (Å²) in [5.74, 6) is -1.75. The summed E-state index contributed by atoms with van der Waals surface area (Å²) >= 11 is 0. The molecule has 0 saturated heterocycles. The number of rotatable bonds is 20. The van der Waals surface area contributed by atoms with Gasteiger partial charge in [-0.25, -0.2) is 9.59 Å². The van der Waals surface area contributed by atoms with Crippen molar-refractivity contribution in [1.29, 1.82) is 0 Å². The number of esters is 3. The van der Waals surface area contributed by atoms with Crippen molar-refractivity contribution in [2.45, 2.75) is 77.2 Å². The van der Waals surface area contributed by atoms with Gasteiger partial charge in [-0.3, -0.25) is 4.79 Å². The number of carbonyl (C=O) groups is 3. The second-order valence-electron chi connectivity index (χ2n) is 10.7. The van der Waals surface area contributed by atoms with Gasteiger partial charge in [-0.05, 0) is 38.5 Å². The molecule has 2 N–H and O–H groups in total. The normalized spacial score (nSPS) is 12.6. The van der Waals surface area contributed by atoms with E-state index in [0.717, 1.165) is 51.4 Å². The first-order valence-electron chi connectivity index (χ1n) is 15.6. The Morgan fingerprint density at radius 2 is 1.31 bits per heavy atom. The summed E-state index contributed by atoms with van der Waals surface area (Å²) < 4.78 is 26.9. The van der Waals surface area contributed by atoms with Gasteiger partial charge >= 0.3 is 17.9 Å². The van der Waals surface area contributed by atoms with Gasteiger partial charge in [0, 0.05) is 30.7 Å². The van der Waals surface area contributed by atoms with E-state index in [0.29, 0.717) is 28.6 Å². The summed E-state index contributed by atoms with van der Waals surface area (Å²) in [7, 11) is 0. The van der Waals surface area contributed by atoms with Crippen molar-refractivity contribution in [3.63, 3.8) is 0 Å². The maximum absolute atomic E-state index is 12.8. The van der Waals surface area contributed by atoms with E-state index < -0.39 is 24.0 Å². The van der Waals surface area contributed by atoms with Gasteiger partial charge < -0.3 is 33.0 Å². The number of aromatic nitrogens is 2. The number of ether oxygens (including phenoxy) is 3. The number of furan rings is 2. The Morgan fingerprint density at radius 3 is 1.98 bits per heavy atom. The van der Waals surface area contributed by atoms with Crippen LogP contribution in [-0.2, 0) is 19.0 Å². The molecule has 0 aromatic carbocycles. The minimum absolute atomic E-state index is 0.166. The fourth-order valence-corrected chi connectivity index (χ4v) is 4.64. The van der Waals surface area contributed by atoms with Crippen molar-refractivity contribution in [3.05, 3.63) is 84.6 Å². The fraction of sp³-hybridized carbons (Fsp3) is 0.400. The number of H-pyrrole nitrogens is 2. The number of fused-ring (bicyclic) bond motifs is 2. The van der Waals surface area contributed by atoms with Crippen LogP contribution in [0.15, 0.2) is 82.1 Å². The lowest BCUT2D eigenvalue weighted by Crippen LogP contribution is -2.31. The maximum Gasteiger partial charge on any atom is 0.355 e. The van der Waals surface area contributed by atoms with Gasteiger partial charge in [0.25, 0.3) is 0 Å².